The van der Waals surface area contributed by atoms with E-state index in [9.17, 15) is 14.9 Å². The van der Waals surface area contributed by atoms with Crippen LogP contribution in [0.15, 0.2) is 54.6 Å². The topological polar surface area (TPSA) is 60.2 Å². The highest BCUT2D eigenvalue weighted by atomic mass is 35.5. The van der Waals surface area contributed by atoms with Crippen molar-refractivity contribution in [1.29, 1.82) is 0 Å². The van der Waals surface area contributed by atoms with E-state index in [0.717, 1.165) is 5.56 Å². The lowest BCUT2D eigenvalue weighted by atomic mass is 9.91. The molecule has 108 valence electrons. The van der Waals surface area contributed by atoms with Crippen LogP contribution in [0.1, 0.15) is 28.3 Å². The van der Waals surface area contributed by atoms with E-state index in [-0.39, 0.29) is 18.7 Å². The first-order valence-electron chi connectivity index (χ1n) is 6.52. The maximum absolute atomic E-state index is 12.2. The Kier molecular flexibility index (Phi) is 5.06. The second kappa shape index (κ2) is 6.99. The van der Waals surface area contributed by atoms with Crippen LogP contribution in [0.25, 0.3) is 0 Å². The van der Waals surface area contributed by atoms with E-state index in [1.165, 1.54) is 0 Å². The SMILES string of the molecule is O=C(CC(C[N+](=O)[O-])c1ccc(Cl)cc1)c1ccccc1. The van der Waals surface area contributed by atoms with E-state index in [1.54, 1.807) is 48.5 Å². The molecule has 4 nitrogen and oxygen atoms in total. The van der Waals surface area contributed by atoms with E-state index < -0.39 is 10.8 Å². The minimum absolute atomic E-state index is 0.0996. The van der Waals surface area contributed by atoms with Gasteiger partial charge in [0.05, 0.1) is 5.92 Å². The summed E-state index contributed by atoms with van der Waals surface area (Å²) in [5, 5.41) is 11.4. The van der Waals surface area contributed by atoms with Gasteiger partial charge in [-0.1, -0.05) is 54.1 Å². The first-order valence-corrected chi connectivity index (χ1v) is 6.89. The van der Waals surface area contributed by atoms with E-state index in [2.05, 4.69) is 0 Å². The molecule has 0 radical (unpaired) electrons. The van der Waals surface area contributed by atoms with Gasteiger partial charge < -0.3 is 0 Å². The van der Waals surface area contributed by atoms with Gasteiger partial charge in [0.1, 0.15) is 0 Å². The summed E-state index contributed by atoms with van der Waals surface area (Å²) in [6.45, 7) is -0.278. The van der Waals surface area contributed by atoms with Crippen LogP contribution in [0.3, 0.4) is 0 Å². The fourth-order valence-electron chi connectivity index (χ4n) is 2.17. The highest BCUT2D eigenvalue weighted by Gasteiger charge is 2.22. The van der Waals surface area contributed by atoms with Crippen molar-refractivity contribution in [3.05, 3.63) is 80.9 Å². The number of Topliss-reactive ketones (excluding diaryl/α,β-unsaturated/α-hetero) is 1. The zero-order valence-electron chi connectivity index (χ0n) is 11.2. The molecule has 0 aromatic heterocycles. The molecule has 0 aliphatic carbocycles. The number of ketones is 1. The lowest BCUT2D eigenvalue weighted by molar-refractivity contribution is -0.483. The van der Waals surface area contributed by atoms with Gasteiger partial charge in [0, 0.05) is 21.9 Å². The number of halogens is 1. The standard InChI is InChI=1S/C16H14ClNO3/c17-15-8-6-12(7-9-15)14(11-18(20)21)10-16(19)13-4-2-1-3-5-13/h1-9,14H,10-11H2. The van der Waals surface area contributed by atoms with Crippen molar-refractivity contribution in [3.63, 3.8) is 0 Å². The molecule has 0 saturated carbocycles. The molecule has 0 fully saturated rings. The zero-order chi connectivity index (χ0) is 15.2. The van der Waals surface area contributed by atoms with Gasteiger partial charge in [0.2, 0.25) is 6.54 Å². The Morgan fingerprint density at radius 1 is 1.10 bits per heavy atom. The van der Waals surface area contributed by atoms with Crippen molar-refractivity contribution in [2.45, 2.75) is 12.3 Å². The third-order valence-electron chi connectivity index (χ3n) is 3.24. The highest BCUT2D eigenvalue weighted by Crippen LogP contribution is 2.24. The number of nitro groups is 1. The van der Waals surface area contributed by atoms with Crippen LogP contribution in [0.4, 0.5) is 0 Å². The number of carbonyl (C=O) groups is 1. The number of hydrogen-bond donors (Lipinski definition) is 0. The Morgan fingerprint density at radius 2 is 1.71 bits per heavy atom. The van der Waals surface area contributed by atoms with Gasteiger partial charge in [0.15, 0.2) is 5.78 Å². The summed E-state index contributed by atoms with van der Waals surface area (Å²) in [7, 11) is 0. The van der Waals surface area contributed by atoms with Crippen LogP contribution in [0.5, 0.6) is 0 Å². The normalized spacial score (nSPS) is 11.9. The molecule has 0 heterocycles. The fraction of sp³-hybridized carbons (Fsp3) is 0.188. The maximum Gasteiger partial charge on any atom is 0.211 e. The van der Waals surface area contributed by atoms with Crippen LogP contribution in [0.2, 0.25) is 5.02 Å². The summed E-state index contributed by atoms with van der Waals surface area (Å²) < 4.78 is 0. The molecule has 0 saturated heterocycles. The summed E-state index contributed by atoms with van der Waals surface area (Å²) in [5.74, 6) is -0.553. The molecule has 0 aliphatic heterocycles. The Labute approximate surface area is 127 Å². The molecule has 1 atom stereocenters. The van der Waals surface area contributed by atoms with E-state index in [4.69, 9.17) is 11.6 Å². The molecular formula is C16H14ClNO3. The molecule has 0 bridgehead atoms. The Balaban J connectivity index is 2.18. The van der Waals surface area contributed by atoms with Crippen LogP contribution >= 0.6 is 11.6 Å². The van der Waals surface area contributed by atoms with Crippen molar-refractivity contribution in [2.75, 3.05) is 6.54 Å². The molecule has 2 aromatic rings. The minimum atomic E-state index is -0.454. The van der Waals surface area contributed by atoms with Gasteiger partial charge in [-0.05, 0) is 17.7 Å². The molecular weight excluding hydrogens is 290 g/mol. The van der Waals surface area contributed by atoms with E-state index >= 15 is 0 Å². The summed E-state index contributed by atoms with van der Waals surface area (Å²) in [6, 6.07) is 15.6. The van der Waals surface area contributed by atoms with Gasteiger partial charge >= 0.3 is 0 Å². The van der Waals surface area contributed by atoms with Crippen LogP contribution in [0, 0.1) is 10.1 Å². The third-order valence-corrected chi connectivity index (χ3v) is 3.49. The Hall–Kier alpha value is -2.20. The predicted molar refractivity (Wildman–Crippen MR) is 81.4 cm³/mol. The van der Waals surface area contributed by atoms with Gasteiger partial charge in [-0.15, -0.1) is 0 Å². The monoisotopic (exact) mass is 303 g/mol. The van der Waals surface area contributed by atoms with Gasteiger partial charge in [-0.25, -0.2) is 0 Å². The second-order valence-electron chi connectivity index (χ2n) is 4.76. The highest BCUT2D eigenvalue weighted by molar-refractivity contribution is 6.30. The lowest BCUT2D eigenvalue weighted by Crippen LogP contribution is -2.16. The molecule has 0 spiro atoms. The summed E-state index contributed by atoms with van der Waals surface area (Å²) in [6.07, 6.45) is 0.104. The van der Waals surface area contributed by atoms with Gasteiger partial charge in [-0.3, -0.25) is 14.9 Å². The van der Waals surface area contributed by atoms with Crippen LogP contribution < -0.4 is 0 Å². The second-order valence-corrected chi connectivity index (χ2v) is 5.19. The van der Waals surface area contributed by atoms with Crippen molar-refractivity contribution >= 4 is 17.4 Å². The van der Waals surface area contributed by atoms with Crippen molar-refractivity contribution in [1.82, 2.24) is 0 Å². The first-order chi connectivity index (χ1) is 10.1. The fourth-order valence-corrected chi connectivity index (χ4v) is 2.29. The van der Waals surface area contributed by atoms with Gasteiger partial charge in [-0.2, -0.15) is 0 Å². The number of carbonyl (C=O) groups excluding carboxylic acids is 1. The average molecular weight is 304 g/mol. The largest absolute Gasteiger partial charge is 0.294 e. The molecule has 21 heavy (non-hydrogen) atoms. The zero-order valence-corrected chi connectivity index (χ0v) is 12.0. The van der Waals surface area contributed by atoms with Crippen molar-refractivity contribution < 1.29 is 9.72 Å². The molecule has 5 heteroatoms. The van der Waals surface area contributed by atoms with Crippen molar-refractivity contribution in [2.24, 2.45) is 0 Å². The molecule has 1 unspecified atom stereocenters. The van der Waals surface area contributed by atoms with E-state index in [1.807, 2.05) is 6.07 Å². The summed E-state index contributed by atoms with van der Waals surface area (Å²) in [4.78, 5) is 22.7. The van der Waals surface area contributed by atoms with Crippen molar-refractivity contribution in [3.8, 4) is 0 Å². The van der Waals surface area contributed by atoms with Crippen LogP contribution in [-0.4, -0.2) is 17.3 Å². The first kappa shape index (κ1) is 15.2. The summed E-state index contributed by atoms with van der Waals surface area (Å²) >= 11 is 5.82. The molecule has 2 rings (SSSR count). The molecule has 0 N–H and O–H groups in total. The summed E-state index contributed by atoms with van der Waals surface area (Å²) in [5.41, 5.74) is 1.32. The minimum Gasteiger partial charge on any atom is -0.294 e. The number of hydrogen-bond acceptors (Lipinski definition) is 3. The smallest absolute Gasteiger partial charge is 0.211 e. The number of rotatable bonds is 6. The van der Waals surface area contributed by atoms with Crippen LogP contribution in [-0.2, 0) is 0 Å². The predicted octanol–water partition coefficient (Wildman–Crippen LogP) is 3.97. The maximum atomic E-state index is 12.2. The Morgan fingerprint density at radius 3 is 2.29 bits per heavy atom. The van der Waals surface area contributed by atoms with Gasteiger partial charge in [0.25, 0.3) is 0 Å². The third kappa shape index (κ3) is 4.39. The Bertz CT molecular complexity index is 626. The molecule has 0 amide bonds. The number of benzene rings is 2. The quantitative estimate of drug-likeness (QED) is 0.461. The molecule has 2 aromatic carbocycles. The number of nitrogens with zero attached hydrogens (tertiary/aromatic N) is 1. The lowest BCUT2D eigenvalue weighted by Gasteiger charge is -2.12. The molecule has 0 aliphatic rings. The van der Waals surface area contributed by atoms with E-state index in [0.29, 0.717) is 10.6 Å². The average Bonchev–Trinajstić information content (AvgIpc) is 2.48.